The van der Waals surface area contributed by atoms with Crippen LogP contribution >= 0.6 is 12.6 Å². The Morgan fingerprint density at radius 3 is 1.72 bits per heavy atom. The first-order valence-corrected chi connectivity index (χ1v) is 20.1. The van der Waals surface area contributed by atoms with Crippen molar-refractivity contribution in [3.05, 3.63) is 39.9 Å². The smallest absolute Gasteiger partial charge is 0.327 e. The maximum absolute atomic E-state index is 14.0. The van der Waals surface area contributed by atoms with Crippen LogP contribution in [0.1, 0.15) is 90.5 Å². The number of carbonyl (C=O) groups excluding carboxylic acids is 6. The molecule has 0 aliphatic heterocycles. The number of hydrogen-bond donors (Lipinski definition) is 10. The zero-order chi connectivity index (χ0) is 45.1. The summed E-state index contributed by atoms with van der Waals surface area (Å²) in [5.41, 5.74) is 0.0377. The van der Waals surface area contributed by atoms with Gasteiger partial charge in [0.05, 0.1) is 11.3 Å². The van der Waals surface area contributed by atoms with E-state index in [4.69, 9.17) is 0 Å². The number of benzene rings is 1. The van der Waals surface area contributed by atoms with Gasteiger partial charge in [-0.05, 0) is 36.7 Å². The van der Waals surface area contributed by atoms with Crippen LogP contribution in [0.5, 0.6) is 0 Å². The van der Waals surface area contributed by atoms with E-state index >= 15 is 0 Å². The second-order valence-corrected chi connectivity index (χ2v) is 15.5. The van der Waals surface area contributed by atoms with Crippen molar-refractivity contribution in [1.82, 2.24) is 31.9 Å². The monoisotopic (exact) mass is 865 g/mol. The van der Waals surface area contributed by atoms with Crippen molar-refractivity contribution in [2.45, 2.75) is 128 Å². The number of hydrogen-bond acceptors (Lipinski definition) is 12. The number of nitrogens with one attached hydrogen (secondary N) is 6. The number of amides is 6. The minimum absolute atomic E-state index is 0.00358. The van der Waals surface area contributed by atoms with Gasteiger partial charge in [0.15, 0.2) is 0 Å². The fourth-order valence-electron chi connectivity index (χ4n) is 6.60. The molecule has 0 saturated heterocycles. The first-order valence-electron chi connectivity index (χ1n) is 19.5. The molecule has 0 unspecified atom stereocenters. The SMILES string of the molecule is CC(=O)N[C@@H](CC(=O)O)C(=O)N[C@@H](Cc1ccc([N+](=O)[O-])cc1)C(=O)N[C@@H](CC(C)C)C(=O)N[C@@H](CCC(=O)O)C(=O)N[C@@H](CC1CCCCC1)C(=O)N[C@@H](CS)C(=O)O. The minimum atomic E-state index is -1.62. The summed E-state index contributed by atoms with van der Waals surface area (Å²) in [6, 6.07) is -3.85. The van der Waals surface area contributed by atoms with Crippen LogP contribution in [0, 0.1) is 22.0 Å². The van der Waals surface area contributed by atoms with E-state index in [9.17, 15) is 68.6 Å². The first kappa shape index (κ1) is 50.3. The largest absolute Gasteiger partial charge is 0.481 e. The third-order valence-electron chi connectivity index (χ3n) is 9.64. The van der Waals surface area contributed by atoms with Crippen LogP contribution in [0.2, 0.25) is 0 Å². The highest BCUT2D eigenvalue weighted by Crippen LogP contribution is 2.27. The lowest BCUT2D eigenvalue weighted by Gasteiger charge is -2.29. The van der Waals surface area contributed by atoms with Gasteiger partial charge < -0.3 is 47.2 Å². The second-order valence-electron chi connectivity index (χ2n) is 15.1. The summed E-state index contributed by atoms with van der Waals surface area (Å²) in [7, 11) is 0. The lowest BCUT2D eigenvalue weighted by Crippen LogP contribution is -2.60. The van der Waals surface area contributed by atoms with Crippen molar-refractivity contribution in [3.8, 4) is 0 Å². The Kier molecular flexibility index (Phi) is 20.9. The van der Waals surface area contributed by atoms with Crippen LogP contribution in [0.3, 0.4) is 0 Å². The Morgan fingerprint density at radius 2 is 1.20 bits per heavy atom. The molecule has 2 rings (SSSR count). The normalized spacial score (nSPS) is 15.8. The van der Waals surface area contributed by atoms with Crippen molar-refractivity contribution in [3.63, 3.8) is 0 Å². The van der Waals surface area contributed by atoms with Gasteiger partial charge in [-0.1, -0.05) is 58.1 Å². The number of carbonyl (C=O) groups is 9. The second kappa shape index (κ2) is 25.0. The highest BCUT2D eigenvalue weighted by Gasteiger charge is 2.35. The Labute approximate surface area is 351 Å². The number of carboxylic acids is 3. The van der Waals surface area contributed by atoms with E-state index in [1.807, 2.05) is 0 Å². The standard InChI is InChI=1S/C38H55N7O14S/c1-20(2)15-26(41-35(53)28(17-23-9-11-24(12-10-23)45(58)59)43-37(55)29(18-32(49)50)39-21(3)46)34(52)40-25(13-14-31(47)48)33(51)42-27(16-22-7-5-4-6-8-22)36(54)44-30(19-60)38(56)57/h9-12,20,22,25-30,60H,4-8,13-19H2,1-3H3,(H,39,46)(H,40,52)(H,41,53)(H,42,51)(H,43,55)(H,44,54)(H,47,48)(H,49,50)(H,56,57)/t25-,26-,27-,28-,29-,30-/m0/s1. The van der Waals surface area contributed by atoms with Crippen molar-refractivity contribution in [2.75, 3.05) is 5.75 Å². The molecule has 0 aromatic heterocycles. The predicted octanol–water partition coefficient (Wildman–Crippen LogP) is 0.436. The van der Waals surface area contributed by atoms with Crippen LogP contribution in [0.15, 0.2) is 24.3 Å². The summed E-state index contributed by atoms with van der Waals surface area (Å²) in [6.45, 7) is 4.47. The van der Waals surface area contributed by atoms with E-state index in [1.54, 1.807) is 13.8 Å². The highest BCUT2D eigenvalue weighted by atomic mass is 32.1. The Hall–Kier alpha value is -5.80. The fraction of sp³-hybridized carbons (Fsp3) is 0.605. The molecule has 0 heterocycles. The topological polar surface area (TPSA) is 330 Å². The van der Waals surface area contributed by atoms with Gasteiger partial charge in [0, 0.05) is 37.7 Å². The van der Waals surface area contributed by atoms with Crippen molar-refractivity contribution in [1.29, 1.82) is 0 Å². The average molecular weight is 866 g/mol. The van der Waals surface area contributed by atoms with Crippen LogP contribution in [-0.2, 0) is 49.6 Å². The quantitative estimate of drug-likeness (QED) is 0.0362. The fourth-order valence-corrected chi connectivity index (χ4v) is 6.85. The molecule has 1 fully saturated rings. The van der Waals surface area contributed by atoms with Crippen LogP contribution in [-0.4, -0.2) is 116 Å². The zero-order valence-corrected chi connectivity index (χ0v) is 34.5. The third-order valence-corrected chi connectivity index (χ3v) is 10.0. The molecule has 9 N–H and O–H groups in total. The molecule has 0 radical (unpaired) electrons. The molecule has 1 aromatic rings. The van der Waals surface area contributed by atoms with E-state index < -0.39 is 114 Å². The number of carboxylic acid groups (broad SMARTS) is 3. The molecule has 1 saturated carbocycles. The van der Waals surface area contributed by atoms with Gasteiger partial charge in [0.25, 0.3) is 5.69 Å². The third kappa shape index (κ3) is 18.0. The van der Waals surface area contributed by atoms with Crippen molar-refractivity contribution < 1.29 is 63.4 Å². The predicted molar refractivity (Wildman–Crippen MR) is 215 cm³/mol. The number of nitro benzene ring substituents is 1. The van der Waals surface area contributed by atoms with E-state index in [1.165, 1.54) is 12.1 Å². The molecule has 1 aliphatic carbocycles. The maximum atomic E-state index is 14.0. The molecule has 6 atom stereocenters. The van der Waals surface area contributed by atoms with Gasteiger partial charge in [0.1, 0.15) is 36.3 Å². The summed E-state index contributed by atoms with van der Waals surface area (Å²) in [4.78, 5) is 126. The van der Waals surface area contributed by atoms with E-state index in [0.717, 1.165) is 51.2 Å². The van der Waals surface area contributed by atoms with Gasteiger partial charge in [-0.15, -0.1) is 0 Å². The Balaban J connectivity index is 2.44. The summed E-state index contributed by atoms with van der Waals surface area (Å²) < 4.78 is 0. The van der Waals surface area contributed by atoms with Gasteiger partial charge in [-0.3, -0.25) is 48.5 Å². The Morgan fingerprint density at radius 1 is 0.700 bits per heavy atom. The summed E-state index contributed by atoms with van der Waals surface area (Å²) in [5.74, 6) is -10.1. The summed E-state index contributed by atoms with van der Waals surface area (Å²) in [6.07, 6.45) is 2.13. The molecule has 22 heteroatoms. The van der Waals surface area contributed by atoms with Crippen molar-refractivity contribution >= 4 is 71.7 Å². The maximum Gasteiger partial charge on any atom is 0.327 e. The molecule has 6 amide bonds. The van der Waals surface area contributed by atoms with E-state index in [-0.39, 0.29) is 42.5 Å². The number of rotatable bonds is 25. The van der Waals surface area contributed by atoms with Crippen LogP contribution < -0.4 is 31.9 Å². The molecule has 0 bridgehead atoms. The lowest BCUT2D eigenvalue weighted by molar-refractivity contribution is -0.384. The van der Waals surface area contributed by atoms with Crippen LogP contribution in [0.4, 0.5) is 5.69 Å². The number of nitro groups is 1. The van der Waals surface area contributed by atoms with E-state index in [2.05, 4.69) is 44.5 Å². The van der Waals surface area contributed by atoms with Gasteiger partial charge in [0.2, 0.25) is 35.4 Å². The van der Waals surface area contributed by atoms with Gasteiger partial charge in [-0.2, -0.15) is 12.6 Å². The Bertz CT molecular complexity index is 1710. The van der Waals surface area contributed by atoms with Crippen LogP contribution in [0.25, 0.3) is 0 Å². The summed E-state index contributed by atoms with van der Waals surface area (Å²) in [5, 5.41) is 54.0. The molecule has 0 spiro atoms. The van der Waals surface area contributed by atoms with Gasteiger partial charge >= 0.3 is 17.9 Å². The molecule has 332 valence electrons. The summed E-state index contributed by atoms with van der Waals surface area (Å²) >= 11 is 3.98. The van der Waals surface area contributed by atoms with E-state index in [0.29, 0.717) is 5.56 Å². The number of aliphatic carboxylic acids is 3. The molecule has 21 nitrogen and oxygen atoms in total. The molecular weight excluding hydrogens is 811 g/mol. The zero-order valence-electron chi connectivity index (χ0n) is 33.6. The first-order chi connectivity index (χ1) is 28.2. The molecule has 1 aliphatic rings. The minimum Gasteiger partial charge on any atom is -0.481 e. The molecule has 60 heavy (non-hydrogen) atoms. The number of non-ortho nitro benzene ring substituents is 1. The molecular formula is C38H55N7O14S. The number of nitrogens with zero attached hydrogens (tertiary/aromatic N) is 1. The average Bonchev–Trinajstić information content (AvgIpc) is 3.16. The lowest BCUT2D eigenvalue weighted by atomic mass is 9.84. The van der Waals surface area contributed by atoms with Gasteiger partial charge in [-0.25, -0.2) is 4.79 Å². The van der Waals surface area contributed by atoms with Crippen molar-refractivity contribution in [2.24, 2.45) is 11.8 Å². The molecule has 1 aromatic carbocycles. The highest BCUT2D eigenvalue weighted by molar-refractivity contribution is 7.80. The number of thiol groups is 1.